The van der Waals surface area contributed by atoms with Gasteiger partial charge in [0.25, 0.3) is 0 Å². The average molecular weight is 223 g/mol. The number of carboxylic acids is 1. The van der Waals surface area contributed by atoms with Gasteiger partial charge in [-0.2, -0.15) is 5.10 Å². The second-order valence-electron chi connectivity index (χ2n) is 4.36. The molecular weight excluding hydrogens is 206 g/mol. The first-order valence-electron chi connectivity index (χ1n) is 5.64. The maximum Gasteiger partial charge on any atom is 0.306 e. The minimum atomic E-state index is -0.753. The number of hydrogen-bond donors (Lipinski definition) is 2. The zero-order chi connectivity index (χ0) is 11.5. The lowest BCUT2D eigenvalue weighted by Crippen LogP contribution is -2.20. The van der Waals surface area contributed by atoms with Gasteiger partial charge in [0, 0.05) is 24.9 Å². The van der Waals surface area contributed by atoms with Crippen LogP contribution in [0.15, 0.2) is 12.3 Å². The van der Waals surface area contributed by atoms with Crippen molar-refractivity contribution in [2.75, 3.05) is 13.1 Å². The van der Waals surface area contributed by atoms with Crippen LogP contribution in [-0.2, 0) is 11.2 Å². The topological polar surface area (TPSA) is 67.2 Å². The maximum absolute atomic E-state index is 10.8. The molecule has 1 saturated heterocycles. The van der Waals surface area contributed by atoms with Crippen molar-refractivity contribution in [3.63, 3.8) is 0 Å². The van der Waals surface area contributed by atoms with Crippen molar-refractivity contribution in [1.82, 2.24) is 15.1 Å². The molecule has 5 nitrogen and oxygen atoms in total. The first-order valence-corrected chi connectivity index (χ1v) is 5.64. The number of aliphatic carboxylic acids is 1. The minimum absolute atomic E-state index is 0.357. The van der Waals surface area contributed by atoms with Crippen LogP contribution >= 0.6 is 0 Å². The van der Waals surface area contributed by atoms with Gasteiger partial charge in [-0.3, -0.25) is 9.48 Å². The molecule has 16 heavy (non-hydrogen) atoms. The summed E-state index contributed by atoms with van der Waals surface area (Å²) in [5, 5.41) is 16.5. The van der Waals surface area contributed by atoms with Crippen LogP contribution < -0.4 is 5.32 Å². The second kappa shape index (κ2) is 4.65. The highest BCUT2D eigenvalue weighted by atomic mass is 16.4. The number of hydrogen-bond acceptors (Lipinski definition) is 3. The van der Waals surface area contributed by atoms with E-state index in [1.807, 2.05) is 10.7 Å². The Bertz CT molecular complexity index is 369. The Labute approximate surface area is 94.5 Å². The number of nitrogens with zero attached hydrogens (tertiary/aromatic N) is 2. The first kappa shape index (κ1) is 11.1. The quantitative estimate of drug-likeness (QED) is 0.787. The van der Waals surface area contributed by atoms with Crippen LogP contribution in [-0.4, -0.2) is 33.9 Å². The van der Waals surface area contributed by atoms with Crippen molar-refractivity contribution < 1.29 is 9.90 Å². The Kier molecular flexibility index (Phi) is 3.24. The third kappa shape index (κ3) is 2.24. The molecule has 2 heterocycles. The van der Waals surface area contributed by atoms with E-state index in [2.05, 4.69) is 10.4 Å². The predicted octanol–water partition coefficient (Wildman–Crippen LogP) is 0.681. The molecule has 0 spiro atoms. The summed E-state index contributed by atoms with van der Waals surface area (Å²) in [7, 11) is 0. The molecule has 1 fully saturated rings. The fraction of sp³-hybridized carbons (Fsp3) is 0.636. The highest BCUT2D eigenvalue weighted by molar-refractivity contribution is 5.69. The van der Waals surface area contributed by atoms with Gasteiger partial charge in [0.2, 0.25) is 0 Å². The van der Waals surface area contributed by atoms with Gasteiger partial charge in [-0.05, 0) is 19.0 Å². The van der Waals surface area contributed by atoms with Gasteiger partial charge < -0.3 is 10.4 Å². The SMILES string of the molecule is CC(Cc1ccnn1C1CCNC1)C(=O)O. The molecule has 1 aromatic heterocycles. The van der Waals surface area contributed by atoms with Crippen LogP contribution in [0.2, 0.25) is 0 Å². The number of carbonyl (C=O) groups is 1. The average Bonchev–Trinajstić information content (AvgIpc) is 2.85. The fourth-order valence-electron chi connectivity index (χ4n) is 2.08. The van der Waals surface area contributed by atoms with Crippen LogP contribution in [0.3, 0.4) is 0 Å². The Morgan fingerprint density at radius 3 is 3.25 bits per heavy atom. The monoisotopic (exact) mass is 223 g/mol. The Balaban J connectivity index is 2.09. The zero-order valence-corrected chi connectivity index (χ0v) is 9.39. The lowest BCUT2D eigenvalue weighted by molar-refractivity contribution is -0.141. The van der Waals surface area contributed by atoms with Gasteiger partial charge >= 0.3 is 5.97 Å². The molecule has 0 bridgehead atoms. The van der Waals surface area contributed by atoms with Gasteiger partial charge in [-0.1, -0.05) is 6.92 Å². The van der Waals surface area contributed by atoms with E-state index in [1.165, 1.54) is 0 Å². The maximum atomic E-state index is 10.8. The van der Waals surface area contributed by atoms with Gasteiger partial charge in [0.1, 0.15) is 0 Å². The summed E-state index contributed by atoms with van der Waals surface area (Å²) in [5.74, 6) is -1.11. The summed E-state index contributed by atoms with van der Waals surface area (Å²) >= 11 is 0. The molecule has 88 valence electrons. The van der Waals surface area contributed by atoms with E-state index >= 15 is 0 Å². The van der Waals surface area contributed by atoms with Crippen LogP contribution in [0.4, 0.5) is 0 Å². The highest BCUT2D eigenvalue weighted by Crippen LogP contribution is 2.18. The predicted molar refractivity (Wildman–Crippen MR) is 59.3 cm³/mol. The Hall–Kier alpha value is -1.36. The molecular formula is C11H17N3O2. The third-order valence-electron chi connectivity index (χ3n) is 3.07. The normalized spacial score (nSPS) is 22.2. The number of rotatable bonds is 4. The van der Waals surface area contributed by atoms with E-state index in [0.717, 1.165) is 25.2 Å². The van der Waals surface area contributed by atoms with Gasteiger partial charge in [-0.15, -0.1) is 0 Å². The molecule has 2 rings (SSSR count). The minimum Gasteiger partial charge on any atom is -0.481 e. The molecule has 0 radical (unpaired) electrons. The summed E-state index contributed by atoms with van der Waals surface area (Å²) in [6, 6.07) is 2.29. The lowest BCUT2D eigenvalue weighted by Gasteiger charge is -2.14. The van der Waals surface area contributed by atoms with Crippen LogP contribution in [0.5, 0.6) is 0 Å². The molecule has 2 N–H and O–H groups in total. The Morgan fingerprint density at radius 2 is 2.62 bits per heavy atom. The standard InChI is InChI=1S/C11H17N3O2/c1-8(11(15)16)6-9-3-5-13-14(9)10-2-4-12-7-10/h3,5,8,10,12H,2,4,6-7H2,1H3,(H,15,16). The molecule has 1 aliphatic rings. The Morgan fingerprint density at radius 1 is 1.81 bits per heavy atom. The molecule has 0 saturated carbocycles. The van der Waals surface area contributed by atoms with Crippen molar-refractivity contribution >= 4 is 5.97 Å². The first-order chi connectivity index (χ1) is 7.68. The van der Waals surface area contributed by atoms with Crippen LogP contribution in [0, 0.1) is 5.92 Å². The van der Waals surface area contributed by atoms with Crippen molar-refractivity contribution in [3.05, 3.63) is 18.0 Å². The lowest BCUT2D eigenvalue weighted by atomic mass is 10.1. The summed E-state index contributed by atoms with van der Waals surface area (Å²) < 4.78 is 1.97. The highest BCUT2D eigenvalue weighted by Gasteiger charge is 2.21. The number of nitrogens with one attached hydrogen (secondary N) is 1. The second-order valence-corrected chi connectivity index (χ2v) is 4.36. The summed E-state index contributed by atoms with van der Waals surface area (Å²) in [6.07, 6.45) is 3.37. The van der Waals surface area contributed by atoms with Crippen LogP contribution in [0.25, 0.3) is 0 Å². The third-order valence-corrected chi connectivity index (χ3v) is 3.07. The summed E-state index contributed by atoms with van der Waals surface area (Å²) in [6.45, 7) is 3.67. The molecule has 5 heteroatoms. The zero-order valence-electron chi connectivity index (χ0n) is 9.39. The largest absolute Gasteiger partial charge is 0.481 e. The molecule has 1 aliphatic heterocycles. The van der Waals surface area contributed by atoms with E-state index in [0.29, 0.717) is 12.5 Å². The molecule has 0 amide bonds. The molecule has 2 unspecified atom stereocenters. The van der Waals surface area contributed by atoms with E-state index in [4.69, 9.17) is 5.11 Å². The molecule has 0 aromatic carbocycles. The van der Waals surface area contributed by atoms with Gasteiger partial charge in [-0.25, -0.2) is 0 Å². The van der Waals surface area contributed by atoms with Crippen molar-refractivity contribution in [3.8, 4) is 0 Å². The van der Waals surface area contributed by atoms with Gasteiger partial charge in [0.05, 0.1) is 12.0 Å². The summed E-state index contributed by atoms with van der Waals surface area (Å²) in [5.41, 5.74) is 1.02. The van der Waals surface area contributed by atoms with Crippen molar-refractivity contribution in [2.24, 2.45) is 5.92 Å². The van der Waals surface area contributed by atoms with Crippen molar-refractivity contribution in [1.29, 1.82) is 0 Å². The number of aromatic nitrogens is 2. The van der Waals surface area contributed by atoms with E-state index in [1.54, 1.807) is 13.1 Å². The molecule has 2 atom stereocenters. The van der Waals surface area contributed by atoms with E-state index in [9.17, 15) is 4.79 Å². The van der Waals surface area contributed by atoms with Crippen LogP contribution in [0.1, 0.15) is 25.1 Å². The molecule has 0 aliphatic carbocycles. The number of carboxylic acid groups (broad SMARTS) is 1. The molecule has 1 aromatic rings. The van der Waals surface area contributed by atoms with E-state index in [-0.39, 0.29) is 5.92 Å². The summed E-state index contributed by atoms with van der Waals surface area (Å²) in [4.78, 5) is 10.8. The fourth-order valence-corrected chi connectivity index (χ4v) is 2.08. The van der Waals surface area contributed by atoms with E-state index < -0.39 is 5.97 Å². The van der Waals surface area contributed by atoms with Gasteiger partial charge in [0.15, 0.2) is 0 Å². The van der Waals surface area contributed by atoms with Crippen molar-refractivity contribution in [2.45, 2.75) is 25.8 Å². The smallest absolute Gasteiger partial charge is 0.306 e.